The van der Waals surface area contributed by atoms with Crippen LogP contribution in [-0.2, 0) is 4.74 Å². The van der Waals surface area contributed by atoms with Crippen molar-refractivity contribution in [3.8, 4) is 0 Å². The van der Waals surface area contributed by atoms with E-state index in [9.17, 15) is 4.79 Å². The Hall–Kier alpha value is -1.11. The summed E-state index contributed by atoms with van der Waals surface area (Å²) >= 11 is 2.18. The minimum absolute atomic E-state index is 0.260. The Labute approximate surface area is 100 Å². The first-order valence-electron chi connectivity index (χ1n) is 4.53. The van der Waals surface area contributed by atoms with Crippen molar-refractivity contribution in [2.75, 3.05) is 6.61 Å². The van der Waals surface area contributed by atoms with Crippen molar-refractivity contribution < 1.29 is 9.53 Å². The lowest BCUT2D eigenvalue weighted by Gasteiger charge is -1.95. The molecule has 0 saturated carbocycles. The Kier molecular flexibility index (Phi) is 2.90. The maximum absolute atomic E-state index is 11.4. The molecule has 0 saturated heterocycles. The molecule has 78 valence electrons. The van der Waals surface area contributed by atoms with Crippen molar-refractivity contribution in [1.29, 1.82) is 0 Å². The molecular weight excluding hydrogens is 307 g/mol. The van der Waals surface area contributed by atoms with Crippen LogP contribution < -0.4 is 0 Å². The lowest BCUT2D eigenvalue weighted by molar-refractivity contribution is 0.0514. The number of aromatic nitrogens is 2. The Bertz CT molecular complexity index is 507. The highest BCUT2D eigenvalue weighted by Gasteiger charge is 2.13. The molecule has 0 aliphatic carbocycles. The molecule has 1 heterocycles. The number of nitrogens with zero attached hydrogens (tertiary/aromatic N) is 1. The number of nitrogens with one attached hydrogen (secondary N) is 1. The number of ether oxygens (including phenoxy) is 1. The fourth-order valence-electron chi connectivity index (χ4n) is 1.29. The van der Waals surface area contributed by atoms with Gasteiger partial charge in [-0.3, -0.25) is 0 Å². The summed E-state index contributed by atoms with van der Waals surface area (Å²) in [6.45, 7) is 2.12. The van der Waals surface area contributed by atoms with Crippen LogP contribution in [0.1, 0.15) is 17.5 Å². The molecule has 2 rings (SSSR count). The van der Waals surface area contributed by atoms with E-state index in [1.165, 1.54) is 0 Å². The molecule has 0 amide bonds. The molecular formula is C10H9IN2O2. The van der Waals surface area contributed by atoms with E-state index < -0.39 is 5.97 Å². The van der Waals surface area contributed by atoms with Gasteiger partial charge >= 0.3 is 5.97 Å². The maximum atomic E-state index is 11.4. The summed E-state index contributed by atoms with van der Waals surface area (Å²) in [7, 11) is 0. The van der Waals surface area contributed by atoms with Crippen molar-refractivity contribution in [2.45, 2.75) is 6.92 Å². The van der Waals surface area contributed by atoms with E-state index in [1.807, 2.05) is 18.2 Å². The van der Waals surface area contributed by atoms with Crippen molar-refractivity contribution in [3.05, 3.63) is 27.6 Å². The number of aromatic amines is 1. The number of H-pyrrole nitrogens is 1. The largest absolute Gasteiger partial charge is 0.460 e. The molecule has 5 heteroatoms. The second-order valence-electron chi connectivity index (χ2n) is 2.94. The van der Waals surface area contributed by atoms with Gasteiger partial charge in [0, 0.05) is 3.57 Å². The van der Waals surface area contributed by atoms with E-state index in [1.54, 1.807) is 6.92 Å². The standard InChI is InChI=1S/C10H9IN2O2/c1-2-15-10(14)9-12-7-5-3-4-6(11)8(7)13-9/h3-5H,2H2,1H3,(H,12,13). The van der Waals surface area contributed by atoms with Crippen LogP contribution in [0.3, 0.4) is 0 Å². The quantitative estimate of drug-likeness (QED) is 0.683. The van der Waals surface area contributed by atoms with Gasteiger partial charge in [-0.05, 0) is 41.6 Å². The molecule has 0 fully saturated rings. The Morgan fingerprint density at radius 2 is 2.40 bits per heavy atom. The zero-order valence-electron chi connectivity index (χ0n) is 8.08. The molecule has 0 bridgehead atoms. The highest BCUT2D eigenvalue weighted by atomic mass is 127. The average molecular weight is 316 g/mol. The topological polar surface area (TPSA) is 55.0 Å². The fourth-order valence-corrected chi connectivity index (χ4v) is 1.91. The first-order valence-corrected chi connectivity index (χ1v) is 5.61. The molecule has 0 aliphatic heterocycles. The highest BCUT2D eigenvalue weighted by Crippen LogP contribution is 2.18. The van der Waals surface area contributed by atoms with Gasteiger partial charge in [-0.1, -0.05) is 6.07 Å². The van der Waals surface area contributed by atoms with E-state index in [-0.39, 0.29) is 5.82 Å². The number of rotatable bonds is 2. The second-order valence-corrected chi connectivity index (χ2v) is 4.10. The Morgan fingerprint density at radius 1 is 1.60 bits per heavy atom. The highest BCUT2D eigenvalue weighted by molar-refractivity contribution is 14.1. The normalized spacial score (nSPS) is 10.5. The predicted octanol–water partition coefficient (Wildman–Crippen LogP) is 2.34. The molecule has 1 aromatic carbocycles. The summed E-state index contributed by atoms with van der Waals surface area (Å²) in [4.78, 5) is 18.5. The van der Waals surface area contributed by atoms with Gasteiger partial charge in [0.25, 0.3) is 0 Å². The monoisotopic (exact) mass is 316 g/mol. The number of fused-ring (bicyclic) bond motifs is 1. The lowest BCUT2D eigenvalue weighted by Crippen LogP contribution is -2.06. The maximum Gasteiger partial charge on any atom is 0.374 e. The lowest BCUT2D eigenvalue weighted by atomic mass is 10.3. The number of halogens is 1. The molecule has 1 N–H and O–H groups in total. The average Bonchev–Trinajstić information content (AvgIpc) is 2.63. The third-order valence-electron chi connectivity index (χ3n) is 1.93. The fraction of sp³-hybridized carbons (Fsp3) is 0.200. The Balaban J connectivity index is 2.47. The summed E-state index contributed by atoms with van der Waals surface area (Å²) in [5, 5.41) is 0. The van der Waals surface area contributed by atoms with Crippen LogP contribution in [0.5, 0.6) is 0 Å². The van der Waals surface area contributed by atoms with Gasteiger partial charge in [0.05, 0.1) is 12.1 Å². The smallest absolute Gasteiger partial charge is 0.374 e. The molecule has 0 unspecified atom stereocenters. The molecule has 2 aromatic rings. The van der Waals surface area contributed by atoms with Crippen LogP contribution in [0.25, 0.3) is 11.0 Å². The van der Waals surface area contributed by atoms with Crippen LogP contribution in [-0.4, -0.2) is 22.5 Å². The first kappa shape index (κ1) is 10.4. The third kappa shape index (κ3) is 1.97. The van der Waals surface area contributed by atoms with Gasteiger partial charge in [0.2, 0.25) is 5.82 Å². The van der Waals surface area contributed by atoms with E-state index in [0.29, 0.717) is 6.61 Å². The van der Waals surface area contributed by atoms with Crippen LogP contribution in [0.15, 0.2) is 18.2 Å². The summed E-state index contributed by atoms with van der Waals surface area (Å²) in [6.07, 6.45) is 0. The van der Waals surface area contributed by atoms with Gasteiger partial charge in [-0.15, -0.1) is 0 Å². The number of imidazole rings is 1. The van der Waals surface area contributed by atoms with Crippen molar-refractivity contribution in [3.63, 3.8) is 0 Å². The van der Waals surface area contributed by atoms with Gasteiger partial charge in [0.1, 0.15) is 5.52 Å². The van der Waals surface area contributed by atoms with Crippen LogP contribution in [0, 0.1) is 3.57 Å². The number of hydrogen-bond acceptors (Lipinski definition) is 3. The Morgan fingerprint density at radius 3 is 3.07 bits per heavy atom. The zero-order valence-corrected chi connectivity index (χ0v) is 10.2. The first-order chi connectivity index (χ1) is 7.22. The van der Waals surface area contributed by atoms with Crippen LogP contribution in [0.4, 0.5) is 0 Å². The van der Waals surface area contributed by atoms with E-state index in [4.69, 9.17) is 4.74 Å². The summed E-state index contributed by atoms with van der Waals surface area (Å²) < 4.78 is 5.87. The SMILES string of the molecule is CCOC(=O)c1nc2c(I)cccc2[nH]1. The molecule has 4 nitrogen and oxygen atoms in total. The van der Waals surface area contributed by atoms with Gasteiger partial charge < -0.3 is 9.72 Å². The number of hydrogen-bond donors (Lipinski definition) is 1. The minimum atomic E-state index is -0.412. The molecule has 1 aromatic heterocycles. The summed E-state index contributed by atoms with van der Waals surface area (Å²) in [6, 6.07) is 5.74. The van der Waals surface area contributed by atoms with Crippen molar-refractivity contribution >= 4 is 39.6 Å². The van der Waals surface area contributed by atoms with Gasteiger partial charge in [-0.25, -0.2) is 9.78 Å². The summed E-state index contributed by atoms with van der Waals surface area (Å²) in [5.74, 6) is -0.152. The number of carbonyl (C=O) groups is 1. The van der Waals surface area contributed by atoms with E-state index >= 15 is 0 Å². The zero-order chi connectivity index (χ0) is 10.8. The predicted molar refractivity (Wildman–Crippen MR) is 64.8 cm³/mol. The second kappa shape index (κ2) is 4.18. The molecule has 0 radical (unpaired) electrons. The number of para-hydroxylation sites is 1. The molecule has 0 spiro atoms. The van der Waals surface area contributed by atoms with Gasteiger partial charge in [0.15, 0.2) is 0 Å². The number of carbonyl (C=O) groups excluding carboxylic acids is 1. The van der Waals surface area contributed by atoms with Crippen molar-refractivity contribution in [1.82, 2.24) is 9.97 Å². The summed E-state index contributed by atoms with van der Waals surface area (Å²) in [5.41, 5.74) is 1.66. The number of benzene rings is 1. The minimum Gasteiger partial charge on any atom is -0.460 e. The number of esters is 1. The molecule has 0 atom stereocenters. The van der Waals surface area contributed by atoms with Crippen LogP contribution in [0.2, 0.25) is 0 Å². The van der Waals surface area contributed by atoms with E-state index in [2.05, 4.69) is 32.6 Å². The molecule has 0 aliphatic rings. The third-order valence-corrected chi connectivity index (χ3v) is 2.80. The van der Waals surface area contributed by atoms with Crippen LogP contribution >= 0.6 is 22.6 Å². The van der Waals surface area contributed by atoms with Gasteiger partial charge in [-0.2, -0.15) is 0 Å². The molecule has 15 heavy (non-hydrogen) atoms. The van der Waals surface area contributed by atoms with E-state index in [0.717, 1.165) is 14.6 Å². The van der Waals surface area contributed by atoms with Crippen molar-refractivity contribution in [2.24, 2.45) is 0 Å².